The normalized spacial score (nSPS) is 11.1. The second-order valence-electron chi connectivity index (χ2n) is 5.16. The van der Waals surface area contributed by atoms with E-state index in [-0.39, 0.29) is 16.8 Å². The molecule has 0 aliphatic carbocycles. The second kappa shape index (κ2) is 6.81. The van der Waals surface area contributed by atoms with Crippen LogP contribution in [0.2, 0.25) is 0 Å². The molecule has 0 fully saturated rings. The van der Waals surface area contributed by atoms with Gasteiger partial charge in [-0.05, 0) is 24.3 Å². The molecular weight excluding hydrogens is 323 g/mol. The molecule has 0 saturated carbocycles. The number of nitro benzene ring substituents is 1. The van der Waals surface area contributed by atoms with Gasteiger partial charge in [0.1, 0.15) is 17.3 Å². The maximum absolute atomic E-state index is 13.8. The summed E-state index contributed by atoms with van der Waals surface area (Å²) in [7, 11) is 0. The van der Waals surface area contributed by atoms with E-state index in [1.54, 1.807) is 36.4 Å². The van der Waals surface area contributed by atoms with Gasteiger partial charge in [0.2, 0.25) is 0 Å². The number of hydrogen-bond acceptors (Lipinski definition) is 4. The third-order valence-electron chi connectivity index (χ3n) is 3.54. The number of hydrogen-bond donors (Lipinski definition) is 0. The van der Waals surface area contributed by atoms with Crippen molar-refractivity contribution in [2.45, 2.75) is 0 Å². The fourth-order valence-corrected chi connectivity index (χ4v) is 2.35. The third kappa shape index (κ3) is 3.46. The first-order valence-corrected chi connectivity index (χ1v) is 7.30. The van der Waals surface area contributed by atoms with Crippen LogP contribution in [0.3, 0.4) is 0 Å². The molecule has 1 aromatic heterocycles. The number of nitriles is 1. The Hall–Kier alpha value is -3.72. The third-order valence-corrected chi connectivity index (χ3v) is 3.54. The van der Waals surface area contributed by atoms with Crippen LogP contribution >= 0.6 is 0 Å². The van der Waals surface area contributed by atoms with E-state index >= 15 is 0 Å². The zero-order chi connectivity index (χ0) is 17.8. The minimum atomic E-state index is -0.499. The van der Waals surface area contributed by atoms with Gasteiger partial charge < -0.3 is 4.42 Å². The van der Waals surface area contributed by atoms with Gasteiger partial charge in [0, 0.05) is 23.3 Å². The summed E-state index contributed by atoms with van der Waals surface area (Å²) in [6.45, 7) is 0. The van der Waals surface area contributed by atoms with Crippen LogP contribution in [0.5, 0.6) is 0 Å². The minimum Gasteiger partial charge on any atom is -0.457 e. The molecular formula is C19H11FN2O3. The number of benzene rings is 2. The topological polar surface area (TPSA) is 80.1 Å². The van der Waals surface area contributed by atoms with E-state index in [0.29, 0.717) is 17.1 Å². The molecule has 122 valence electrons. The molecule has 6 heteroatoms. The highest BCUT2D eigenvalue weighted by Gasteiger charge is 2.11. The number of non-ortho nitro benzene ring substituents is 1. The Morgan fingerprint density at radius 3 is 2.68 bits per heavy atom. The lowest BCUT2D eigenvalue weighted by Crippen LogP contribution is -1.87. The smallest absolute Gasteiger partial charge is 0.270 e. The fraction of sp³-hybridized carbons (Fsp3) is 0. The molecule has 3 aromatic rings. The van der Waals surface area contributed by atoms with Crippen molar-refractivity contribution >= 4 is 17.3 Å². The molecule has 0 bridgehead atoms. The Bertz CT molecular complexity index is 1020. The molecule has 0 saturated heterocycles. The van der Waals surface area contributed by atoms with Gasteiger partial charge in [-0.15, -0.1) is 0 Å². The number of furan rings is 1. The standard InChI is InChI=1S/C19H11FN2O3/c20-18-7-2-1-6-17(18)14(12-21)11-16-8-9-19(25-16)13-4-3-5-15(10-13)22(23)24/h1-11H/b14-11-. The summed E-state index contributed by atoms with van der Waals surface area (Å²) in [5.41, 5.74) is 0.796. The van der Waals surface area contributed by atoms with Gasteiger partial charge in [-0.1, -0.05) is 30.3 Å². The molecule has 5 nitrogen and oxygen atoms in total. The van der Waals surface area contributed by atoms with Gasteiger partial charge in [0.05, 0.1) is 16.6 Å². The Balaban J connectivity index is 1.96. The number of nitrogens with zero attached hydrogens (tertiary/aromatic N) is 2. The monoisotopic (exact) mass is 334 g/mol. The molecule has 1 heterocycles. The van der Waals surface area contributed by atoms with Crippen molar-refractivity contribution in [1.29, 1.82) is 5.26 Å². The lowest BCUT2D eigenvalue weighted by atomic mass is 10.1. The van der Waals surface area contributed by atoms with Crippen molar-refractivity contribution < 1.29 is 13.7 Å². The summed E-state index contributed by atoms with van der Waals surface area (Å²) < 4.78 is 19.5. The first-order valence-electron chi connectivity index (χ1n) is 7.30. The number of nitro groups is 1. The van der Waals surface area contributed by atoms with E-state index < -0.39 is 10.7 Å². The van der Waals surface area contributed by atoms with Crippen LogP contribution in [0, 0.1) is 27.3 Å². The van der Waals surface area contributed by atoms with Crippen molar-refractivity contribution in [3.63, 3.8) is 0 Å². The summed E-state index contributed by atoms with van der Waals surface area (Å²) in [4.78, 5) is 10.4. The van der Waals surface area contributed by atoms with Gasteiger partial charge in [-0.25, -0.2) is 4.39 Å². The molecule has 0 radical (unpaired) electrons. The van der Waals surface area contributed by atoms with Crippen molar-refractivity contribution in [2.24, 2.45) is 0 Å². The quantitative estimate of drug-likeness (QED) is 0.379. The zero-order valence-corrected chi connectivity index (χ0v) is 12.8. The fourth-order valence-electron chi connectivity index (χ4n) is 2.35. The summed E-state index contributed by atoms with van der Waals surface area (Å²) in [6.07, 6.45) is 1.43. The zero-order valence-electron chi connectivity index (χ0n) is 12.8. The highest BCUT2D eigenvalue weighted by Crippen LogP contribution is 2.28. The van der Waals surface area contributed by atoms with Crippen LogP contribution in [0.1, 0.15) is 11.3 Å². The minimum absolute atomic E-state index is 0.0462. The Kier molecular flexibility index (Phi) is 4.40. The van der Waals surface area contributed by atoms with E-state index in [2.05, 4.69) is 0 Å². The lowest BCUT2D eigenvalue weighted by Gasteiger charge is -2.00. The average Bonchev–Trinajstić information content (AvgIpc) is 3.09. The summed E-state index contributed by atoms with van der Waals surface area (Å²) in [6, 6.07) is 17.2. The van der Waals surface area contributed by atoms with Crippen LogP contribution in [-0.2, 0) is 0 Å². The molecule has 3 rings (SSSR count). The van der Waals surface area contributed by atoms with Crippen molar-refractivity contribution in [1.82, 2.24) is 0 Å². The molecule has 25 heavy (non-hydrogen) atoms. The summed E-state index contributed by atoms with van der Waals surface area (Å²) in [5, 5.41) is 20.1. The molecule has 0 spiro atoms. The first kappa shape index (κ1) is 16.1. The van der Waals surface area contributed by atoms with Gasteiger partial charge in [0.15, 0.2) is 0 Å². The van der Waals surface area contributed by atoms with Gasteiger partial charge in [-0.2, -0.15) is 5.26 Å². The average molecular weight is 334 g/mol. The highest BCUT2D eigenvalue weighted by atomic mass is 19.1. The maximum atomic E-state index is 13.8. The maximum Gasteiger partial charge on any atom is 0.270 e. The Morgan fingerprint density at radius 2 is 1.96 bits per heavy atom. The van der Waals surface area contributed by atoms with Crippen LogP contribution < -0.4 is 0 Å². The van der Waals surface area contributed by atoms with Crippen molar-refractivity contribution in [3.05, 3.63) is 87.9 Å². The van der Waals surface area contributed by atoms with Crippen LogP contribution in [0.4, 0.5) is 10.1 Å². The van der Waals surface area contributed by atoms with Crippen LogP contribution in [0.25, 0.3) is 23.0 Å². The molecule has 0 aliphatic heterocycles. The van der Waals surface area contributed by atoms with E-state index in [1.165, 1.54) is 30.3 Å². The SMILES string of the molecule is N#C/C(=C/c1ccc(-c2cccc([N+](=O)[O-])c2)o1)c1ccccc1F. The van der Waals surface area contributed by atoms with E-state index in [4.69, 9.17) is 4.42 Å². The van der Waals surface area contributed by atoms with Gasteiger partial charge in [-0.3, -0.25) is 10.1 Å². The molecule has 0 amide bonds. The lowest BCUT2D eigenvalue weighted by molar-refractivity contribution is -0.384. The van der Waals surface area contributed by atoms with Crippen LogP contribution in [-0.4, -0.2) is 4.92 Å². The van der Waals surface area contributed by atoms with Crippen molar-refractivity contribution in [3.8, 4) is 17.4 Å². The molecule has 0 N–H and O–H groups in total. The Morgan fingerprint density at radius 1 is 1.16 bits per heavy atom. The van der Waals surface area contributed by atoms with Gasteiger partial charge >= 0.3 is 0 Å². The predicted octanol–water partition coefficient (Wildman–Crippen LogP) is 5.06. The molecule has 0 unspecified atom stereocenters. The molecule has 0 aliphatic rings. The number of halogens is 1. The molecule has 2 aromatic carbocycles. The summed E-state index contributed by atoms with van der Waals surface area (Å²) >= 11 is 0. The van der Waals surface area contributed by atoms with E-state index in [1.807, 2.05) is 6.07 Å². The largest absolute Gasteiger partial charge is 0.457 e. The van der Waals surface area contributed by atoms with E-state index in [0.717, 1.165) is 0 Å². The van der Waals surface area contributed by atoms with Crippen LogP contribution in [0.15, 0.2) is 65.1 Å². The van der Waals surface area contributed by atoms with Crippen molar-refractivity contribution in [2.75, 3.05) is 0 Å². The number of allylic oxidation sites excluding steroid dienone is 1. The Labute approximate surface area is 142 Å². The summed E-state index contributed by atoms with van der Waals surface area (Å²) in [5.74, 6) is 0.267. The predicted molar refractivity (Wildman–Crippen MR) is 90.7 cm³/mol. The first-order chi connectivity index (χ1) is 12.1. The molecule has 0 atom stereocenters. The second-order valence-corrected chi connectivity index (χ2v) is 5.16. The van der Waals surface area contributed by atoms with Gasteiger partial charge in [0.25, 0.3) is 5.69 Å². The highest BCUT2D eigenvalue weighted by molar-refractivity contribution is 5.89. The number of rotatable bonds is 4. The van der Waals surface area contributed by atoms with E-state index in [9.17, 15) is 19.8 Å².